The van der Waals surface area contributed by atoms with Gasteiger partial charge in [0.1, 0.15) is 6.04 Å². The quantitative estimate of drug-likeness (QED) is 0.804. The molecule has 1 aromatic rings. The lowest BCUT2D eigenvalue weighted by molar-refractivity contribution is -0.145. The second kappa shape index (κ2) is 9.02. The topological polar surface area (TPSA) is 69.6 Å². The van der Waals surface area contributed by atoms with Crippen molar-refractivity contribution in [1.29, 1.82) is 0 Å². The Morgan fingerprint density at radius 1 is 1.41 bits per heavy atom. The van der Waals surface area contributed by atoms with Crippen molar-refractivity contribution in [2.24, 2.45) is 0 Å². The Morgan fingerprint density at radius 2 is 2.18 bits per heavy atom. The van der Waals surface area contributed by atoms with Crippen LogP contribution in [0.2, 0.25) is 0 Å². The molecule has 1 amide bonds. The summed E-state index contributed by atoms with van der Waals surface area (Å²) < 4.78 is 0. The van der Waals surface area contributed by atoms with Crippen molar-refractivity contribution in [1.82, 2.24) is 4.90 Å². The summed E-state index contributed by atoms with van der Waals surface area (Å²) in [6, 6.07) is 7.08. The van der Waals surface area contributed by atoms with Gasteiger partial charge in [-0.05, 0) is 43.8 Å². The minimum atomic E-state index is -0.841. The number of amides is 1. The Morgan fingerprint density at radius 3 is 2.86 bits per heavy atom. The van der Waals surface area contributed by atoms with Crippen LogP contribution >= 0.6 is 24.2 Å². The number of thioether (sulfide) groups is 1. The fourth-order valence-corrected chi connectivity index (χ4v) is 3.01. The third-order valence-corrected chi connectivity index (χ3v) is 4.32. The lowest BCUT2D eigenvalue weighted by Crippen LogP contribution is -2.47. The van der Waals surface area contributed by atoms with E-state index in [2.05, 4.69) is 5.32 Å². The van der Waals surface area contributed by atoms with Gasteiger partial charge in [0.25, 0.3) is 0 Å². The van der Waals surface area contributed by atoms with Crippen LogP contribution in [0.3, 0.4) is 0 Å². The maximum Gasteiger partial charge on any atom is 0.320 e. The number of carboxylic acids is 1. The number of nitrogens with one attached hydrogen (secondary N) is 1. The molecule has 1 unspecified atom stereocenters. The normalized spacial score (nSPS) is 18.3. The molecule has 0 aromatic heterocycles. The van der Waals surface area contributed by atoms with Crippen molar-refractivity contribution in [2.75, 3.05) is 24.7 Å². The summed E-state index contributed by atoms with van der Waals surface area (Å²) in [5.41, 5.74) is 0.746. The first-order valence-electron chi connectivity index (χ1n) is 7.01. The predicted octanol–water partition coefficient (Wildman–Crippen LogP) is 2.71. The molecule has 1 fully saturated rings. The Balaban J connectivity index is 0.00000242. The number of hydrogen-bond donors (Lipinski definition) is 2. The Labute approximate surface area is 140 Å². The van der Waals surface area contributed by atoms with E-state index in [9.17, 15) is 14.7 Å². The number of likely N-dealkylation sites (tertiary alicyclic amines) is 1. The molecule has 7 heteroatoms. The van der Waals surface area contributed by atoms with Gasteiger partial charge in [-0.1, -0.05) is 12.5 Å². The van der Waals surface area contributed by atoms with Crippen LogP contribution in [0.1, 0.15) is 19.3 Å². The largest absolute Gasteiger partial charge is 0.480 e. The fourth-order valence-electron chi connectivity index (χ4n) is 2.55. The van der Waals surface area contributed by atoms with Gasteiger partial charge in [0, 0.05) is 10.6 Å². The first-order valence-corrected chi connectivity index (χ1v) is 8.23. The first-order chi connectivity index (χ1) is 10.1. The molecule has 0 aliphatic carbocycles. The minimum absolute atomic E-state index is 0. The van der Waals surface area contributed by atoms with Crippen molar-refractivity contribution in [3.8, 4) is 0 Å². The number of benzene rings is 1. The van der Waals surface area contributed by atoms with E-state index in [1.807, 2.05) is 30.5 Å². The first kappa shape index (κ1) is 18.8. The Hall–Kier alpha value is -1.24. The van der Waals surface area contributed by atoms with Gasteiger partial charge in [-0.2, -0.15) is 0 Å². The second-order valence-corrected chi connectivity index (χ2v) is 5.98. The molecule has 5 nitrogen and oxygen atoms in total. The third-order valence-electron chi connectivity index (χ3n) is 3.60. The van der Waals surface area contributed by atoms with E-state index in [1.54, 1.807) is 16.7 Å². The third kappa shape index (κ3) is 5.19. The minimum Gasteiger partial charge on any atom is -0.480 e. The summed E-state index contributed by atoms with van der Waals surface area (Å²) in [5, 5.41) is 12.0. The number of halogens is 1. The highest BCUT2D eigenvalue weighted by molar-refractivity contribution is 7.98. The molecular weight excluding hydrogens is 324 g/mol. The molecule has 22 heavy (non-hydrogen) atoms. The maximum atomic E-state index is 12.1. The average Bonchev–Trinajstić information content (AvgIpc) is 2.47. The number of carbonyl (C=O) groups is 2. The van der Waals surface area contributed by atoms with Crippen LogP contribution < -0.4 is 5.32 Å². The van der Waals surface area contributed by atoms with Crippen LogP contribution in [0, 0.1) is 0 Å². The van der Waals surface area contributed by atoms with E-state index < -0.39 is 12.0 Å². The van der Waals surface area contributed by atoms with E-state index in [-0.39, 0.29) is 24.9 Å². The average molecular weight is 345 g/mol. The highest BCUT2D eigenvalue weighted by Gasteiger charge is 2.29. The number of hydrogen-bond acceptors (Lipinski definition) is 4. The van der Waals surface area contributed by atoms with E-state index >= 15 is 0 Å². The molecule has 1 heterocycles. The van der Waals surface area contributed by atoms with Crippen LogP contribution in [0.4, 0.5) is 5.69 Å². The molecule has 1 aliphatic heterocycles. The van der Waals surface area contributed by atoms with Crippen molar-refractivity contribution >= 4 is 41.7 Å². The zero-order chi connectivity index (χ0) is 15.2. The molecule has 2 rings (SSSR count). The summed E-state index contributed by atoms with van der Waals surface area (Å²) in [7, 11) is 0. The monoisotopic (exact) mass is 344 g/mol. The summed E-state index contributed by atoms with van der Waals surface area (Å²) in [6.07, 6.45) is 4.45. The van der Waals surface area contributed by atoms with Gasteiger partial charge in [-0.3, -0.25) is 14.5 Å². The molecule has 0 saturated carbocycles. The maximum absolute atomic E-state index is 12.1. The van der Waals surface area contributed by atoms with Gasteiger partial charge in [0.2, 0.25) is 5.91 Å². The SMILES string of the molecule is CSc1cccc(NC(=O)CN2CCCCC2C(=O)O)c1.Cl. The van der Waals surface area contributed by atoms with Crippen molar-refractivity contribution in [3.05, 3.63) is 24.3 Å². The molecule has 0 radical (unpaired) electrons. The number of piperidine rings is 1. The summed E-state index contributed by atoms with van der Waals surface area (Å²) in [4.78, 5) is 26.1. The molecule has 122 valence electrons. The number of carbonyl (C=O) groups excluding carboxylic acids is 1. The van der Waals surface area contributed by atoms with Crippen LogP contribution in [0.25, 0.3) is 0 Å². The van der Waals surface area contributed by atoms with Crippen LogP contribution in [0.15, 0.2) is 29.2 Å². The van der Waals surface area contributed by atoms with Crippen LogP contribution in [-0.4, -0.2) is 47.3 Å². The number of carboxylic acid groups (broad SMARTS) is 1. The lowest BCUT2D eigenvalue weighted by Gasteiger charge is -2.32. The van der Waals surface area contributed by atoms with E-state index in [0.717, 1.165) is 23.4 Å². The van der Waals surface area contributed by atoms with Gasteiger partial charge in [0.15, 0.2) is 0 Å². The predicted molar refractivity (Wildman–Crippen MR) is 90.9 cm³/mol. The molecule has 2 N–H and O–H groups in total. The van der Waals surface area contributed by atoms with Crippen LogP contribution in [-0.2, 0) is 9.59 Å². The smallest absolute Gasteiger partial charge is 0.320 e. The number of rotatable bonds is 5. The number of anilines is 1. The van der Waals surface area contributed by atoms with E-state index in [1.165, 1.54) is 0 Å². The van der Waals surface area contributed by atoms with Gasteiger partial charge < -0.3 is 10.4 Å². The highest BCUT2D eigenvalue weighted by Crippen LogP contribution is 2.20. The summed E-state index contributed by atoms with van der Waals surface area (Å²) in [6.45, 7) is 0.787. The fraction of sp³-hybridized carbons (Fsp3) is 0.467. The lowest BCUT2D eigenvalue weighted by atomic mass is 10.0. The second-order valence-electron chi connectivity index (χ2n) is 5.10. The standard InChI is InChI=1S/C15H20N2O3S.ClH/c1-21-12-6-4-5-11(9-12)16-14(18)10-17-8-3-2-7-13(17)15(19)20;/h4-6,9,13H,2-3,7-8,10H2,1H3,(H,16,18)(H,19,20);1H. The Bertz CT molecular complexity index is 527. The molecule has 0 spiro atoms. The molecule has 1 aromatic carbocycles. The van der Waals surface area contributed by atoms with Crippen molar-refractivity contribution in [2.45, 2.75) is 30.2 Å². The number of aliphatic carboxylic acids is 1. The molecule has 1 atom stereocenters. The zero-order valence-corrected chi connectivity index (χ0v) is 14.1. The Kier molecular flexibility index (Phi) is 7.72. The van der Waals surface area contributed by atoms with Gasteiger partial charge in [-0.15, -0.1) is 24.2 Å². The van der Waals surface area contributed by atoms with Gasteiger partial charge >= 0.3 is 5.97 Å². The molecule has 1 saturated heterocycles. The van der Waals surface area contributed by atoms with E-state index in [4.69, 9.17) is 0 Å². The molecule has 0 bridgehead atoms. The van der Waals surface area contributed by atoms with Crippen LogP contribution in [0.5, 0.6) is 0 Å². The van der Waals surface area contributed by atoms with E-state index in [0.29, 0.717) is 13.0 Å². The molecular formula is C15H21ClN2O3S. The van der Waals surface area contributed by atoms with Gasteiger partial charge in [0.05, 0.1) is 6.54 Å². The summed E-state index contributed by atoms with van der Waals surface area (Å²) in [5.74, 6) is -1.01. The summed E-state index contributed by atoms with van der Waals surface area (Å²) >= 11 is 1.61. The highest BCUT2D eigenvalue weighted by atomic mass is 35.5. The van der Waals surface area contributed by atoms with Gasteiger partial charge in [-0.25, -0.2) is 0 Å². The zero-order valence-electron chi connectivity index (χ0n) is 12.4. The van der Waals surface area contributed by atoms with Crippen molar-refractivity contribution < 1.29 is 14.7 Å². The molecule has 1 aliphatic rings. The number of nitrogens with zero attached hydrogens (tertiary/aromatic N) is 1. The van der Waals surface area contributed by atoms with Crippen molar-refractivity contribution in [3.63, 3.8) is 0 Å².